The first-order valence-electron chi connectivity index (χ1n) is 6.99. The molecule has 0 radical (unpaired) electrons. The first kappa shape index (κ1) is 15.0. The van der Waals surface area contributed by atoms with E-state index in [1.165, 1.54) is 0 Å². The second kappa shape index (κ2) is 6.43. The van der Waals surface area contributed by atoms with E-state index in [0.29, 0.717) is 5.02 Å². The van der Waals surface area contributed by atoms with Crippen molar-refractivity contribution < 1.29 is 0 Å². The normalized spacial score (nSPS) is 14.8. The van der Waals surface area contributed by atoms with Crippen LogP contribution in [0.4, 0.5) is 11.5 Å². The van der Waals surface area contributed by atoms with Gasteiger partial charge in [-0.1, -0.05) is 29.3 Å². The average molecular weight is 333 g/mol. The van der Waals surface area contributed by atoms with Gasteiger partial charge in [-0.15, -0.1) is 0 Å². The maximum Gasteiger partial charge on any atom is 0.161 e. The number of pyridine rings is 1. The molecule has 0 atom stereocenters. The Bertz CT molecular complexity index is 718. The number of aromatic nitrogens is 1. The Balaban J connectivity index is 1.71. The van der Waals surface area contributed by atoms with E-state index in [1.807, 2.05) is 30.3 Å². The molecule has 3 rings (SSSR count). The van der Waals surface area contributed by atoms with Crippen molar-refractivity contribution in [2.24, 2.45) is 0 Å². The van der Waals surface area contributed by atoms with Crippen molar-refractivity contribution in [2.75, 3.05) is 36.0 Å². The lowest BCUT2D eigenvalue weighted by Crippen LogP contribution is -2.46. The van der Waals surface area contributed by atoms with Crippen molar-refractivity contribution in [1.29, 1.82) is 5.26 Å². The number of piperazine rings is 1. The molecule has 2 heterocycles. The second-order valence-electron chi connectivity index (χ2n) is 5.07. The van der Waals surface area contributed by atoms with Crippen LogP contribution in [0.15, 0.2) is 36.4 Å². The third-order valence-electron chi connectivity index (χ3n) is 3.71. The van der Waals surface area contributed by atoms with Gasteiger partial charge in [0.1, 0.15) is 11.9 Å². The van der Waals surface area contributed by atoms with Crippen molar-refractivity contribution in [3.05, 3.63) is 52.1 Å². The zero-order valence-corrected chi connectivity index (χ0v) is 13.3. The van der Waals surface area contributed by atoms with Crippen LogP contribution in [-0.2, 0) is 0 Å². The molecule has 112 valence electrons. The number of nitriles is 1. The monoisotopic (exact) mass is 332 g/mol. The van der Waals surface area contributed by atoms with Crippen LogP contribution >= 0.6 is 23.2 Å². The summed E-state index contributed by atoms with van der Waals surface area (Å²) in [5.41, 5.74) is 1.41. The van der Waals surface area contributed by atoms with Crippen molar-refractivity contribution in [2.45, 2.75) is 0 Å². The first-order chi connectivity index (χ1) is 10.7. The van der Waals surface area contributed by atoms with Gasteiger partial charge in [-0.05, 0) is 30.3 Å². The fraction of sp³-hybridized carbons (Fsp3) is 0.250. The molecule has 1 aliphatic rings. The van der Waals surface area contributed by atoms with E-state index in [2.05, 4.69) is 20.9 Å². The minimum Gasteiger partial charge on any atom is -0.368 e. The van der Waals surface area contributed by atoms with Crippen molar-refractivity contribution in [1.82, 2.24) is 4.98 Å². The van der Waals surface area contributed by atoms with Crippen molar-refractivity contribution >= 4 is 34.7 Å². The van der Waals surface area contributed by atoms with Crippen LogP contribution < -0.4 is 9.80 Å². The van der Waals surface area contributed by atoms with Gasteiger partial charge < -0.3 is 9.80 Å². The molecule has 4 nitrogen and oxygen atoms in total. The summed E-state index contributed by atoms with van der Waals surface area (Å²) in [6, 6.07) is 13.5. The minimum absolute atomic E-state index is 0.274. The fourth-order valence-electron chi connectivity index (χ4n) is 2.55. The summed E-state index contributed by atoms with van der Waals surface area (Å²) >= 11 is 12.0. The molecule has 6 heteroatoms. The number of benzene rings is 1. The molecule has 1 aromatic heterocycles. The third kappa shape index (κ3) is 3.11. The molecule has 1 fully saturated rings. The molecule has 0 unspecified atom stereocenters. The van der Waals surface area contributed by atoms with Crippen LogP contribution in [-0.4, -0.2) is 31.2 Å². The van der Waals surface area contributed by atoms with Crippen LogP contribution in [0.1, 0.15) is 5.69 Å². The molecule has 2 aromatic rings. The number of hydrogen-bond acceptors (Lipinski definition) is 4. The minimum atomic E-state index is 0.274. The van der Waals surface area contributed by atoms with Crippen LogP contribution in [0.3, 0.4) is 0 Å². The predicted octanol–water partition coefficient (Wildman–Crippen LogP) is 3.59. The van der Waals surface area contributed by atoms with Gasteiger partial charge in [-0.25, -0.2) is 4.98 Å². The zero-order chi connectivity index (χ0) is 15.5. The molecule has 0 bridgehead atoms. The van der Waals surface area contributed by atoms with Gasteiger partial charge in [0.05, 0.1) is 5.02 Å². The average Bonchev–Trinajstić information content (AvgIpc) is 2.55. The number of rotatable bonds is 2. The van der Waals surface area contributed by atoms with Gasteiger partial charge in [0, 0.05) is 36.9 Å². The number of halogens is 2. The Morgan fingerprint density at radius 3 is 2.41 bits per heavy atom. The van der Waals surface area contributed by atoms with E-state index < -0.39 is 0 Å². The summed E-state index contributed by atoms with van der Waals surface area (Å²) in [4.78, 5) is 8.78. The molecule has 0 N–H and O–H groups in total. The summed E-state index contributed by atoms with van der Waals surface area (Å²) in [5.74, 6) is 0.798. The molecule has 1 saturated heterocycles. The highest BCUT2D eigenvalue weighted by atomic mass is 35.5. The van der Waals surface area contributed by atoms with E-state index in [9.17, 15) is 0 Å². The summed E-state index contributed by atoms with van der Waals surface area (Å²) in [5, 5.41) is 10.2. The van der Waals surface area contributed by atoms with Crippen LogP contribution in [0.5, 0.6) is 0 Å². The summed E-state index contributed by atoms with van der Waals surface area (Å²) in [6.07, 6.45) is 0. The zero-order valence-electron chi connectivity index (χ0n) is 11.8. The highest BCUT2D eigenvalue weighted by molar-refractivity contribution is 6.31. The Morgan fingerprint density at radius 2 is 1.73 bits per heavy atom. The Kier molecular flexibility index (Phi) is 4.37. The molecule has 0 aliphatic carbocycles. The standard InChI is InChI=1S/C16H14Cl2N4/c17-12-2-1-3-13(10-12)21-6-8-22(9-7-21)16-5-4-14(18)15(11-19)20-16/h1-5,10H,6-9H2. The summed E-state index contributed by atoms with van der Waals surface area (Å²) in [7, 11) is 0. The molecule has 1 aliphatic heterocycles. The predicted molar refractivity (Wildman–Crippen MR) is 89.8 cm³/mol. The Morgan fingerprint density at radius 1 is 1.00 bits per heavy atom. The largest absolute Gasteiger partial charge is 0.368 e. The topological polar surface area (TPSA) is 43.2 Å². The Labute approximate surface area is 139 Å². The van der Waals surface area contributed by atoms with Gasteiger partial charge in [0.15, 0.2) is 5.69 Å². The number of hydrogen-bond donors (Lipinski definition) is 0. The number of anilines is 2. The molecular weight excluding hydrogens is 319 g/mol. The first-order valence-corrected chi connectivity index (χ1v) is 7.75. The maximum absolute atomic E-state index is 9.02. The maximum atomic E-state index is 9.02. The molecule has 22 heavy (non-hydrogen) atoms. The summed E-state index contributed by atoms with van der Waals surface area (Å²) in [6.45, 7) is 3.44. The highest BCUT2D eigenvalue weighted by Gasteiger charge is 2.19. The van der Waals surface area contributed by atoms with Crippen LogP contribution in [0.2, 0.25) is 10.0 Å². The smallest absolute Gasteiger partial charge is 0.161 e. The molecule has 0 amide bonds. The van der Waals surface area contributed by atoms with Gasteiger partial charge in [0.25, 0.3) is 0 Å². The van der Waals surface area contributed by atoms with Gasteiger partial charge in [-0.3, -0.25) is 0 Å². The van der Waals surface area contributed by atoms with Crippen LogP contribution in [0.25, 0.3) is 0 Å². The van der Waals surface area contributed by atoms with Gasteiger partial charge >= 0.3 is 0 Å². The van der Waals surface area contributed by atoms with E-state index in [-0.39, 0.29) is 5.69 Å². The van der Waals surface area contributed by atoms with Crippen LogP contribution in [0, 0.1) is 11.3 Å². The SMILES string of the molecule is N#Cc1nc(N2CCN(c3cccc(Cl)c3)CC2)ccc1Cl. The third-order valence-corrected chi connectivity index (χ3v) is 4.25. The fourth-order valence-corrected chi connectivity index (χ4v) is 2.88. The van der Waals surface area contributed by atoms with Gasteiger partial charge in [-0.2, -0.15) is 5.26 Å². The highest BCUT2D eigenvalue weighted by Crippen LogP contribution is 2.23. The Hall–Kier alpha value is -1.96. The van der Waals surface area contributed by atoms with Crippen molar-refractivity contribution in [3.63, 3.8) is 0 Å². The molecule has 0 saturated carbocycles. The van der Waals surface area contributed by atoms with Gasteiger partial charge in [0.2, 0.25) is 0 Å². The lowest BCUT2D eigenvalue weighted by Gasteiger charge is -2.36. The van der Waals surface area contributed by atoms with Crippen molar-refractivity contribution in [3.8, 4) is 6.07 Å². The van der Waals surface area contributed by atoms with E-state index in [4.69, 9.17) is 28.5 Å². The van der Waals surface area contributed by atoms with E-state index in [1.54, 1.807) is 6.07 Å². The van der Waals surface area contributed by atoms with E-state index in [0.717, 1.165) is 42.7 Å². The number of nitrogens with zero attached hydrogens (tertiary/aromatic N) is 4. The quantitative estimate of drug-likeness (QED) is 0.842. The lowest BCUT2D eigenvalue weighted by molar-refractivity contribution is 0.647. The molecule has 0 spiro atoms. The second-order valence-corrected chi connectivity index (χ2v) is 5.91. The lowest BCUT2D eigenvalue weighted by atomic mass is 10.2. The summed E-state index contributed by atoms with van der Waals surface area (Å²) < 4.78 is 0. The molecular formula is C16H14Cl2N4. The molecule has 1 aromatic carbocycles. The van der Waals surface area contributed by atoms with E-state index >= 15 is 0 Å².